The lowest BCUT2D eigenvalue weighted by Crippen LogP contribution is -2.55. The van der Waals surface area contributed by atoms with Crippen molar-refractivity contribution in [3.05, 3.63) is 30.1 Å². The Morgan fingerprint density at radius 3 is 2.84 bits per heavy atom. The quantitative estimate of drug-likeness (QED) is 0.808. The van der Waals surface area contributed by atoms with Gasteiger partial charge < -0.3 is 9.74 Å². The Hall–Kier alpha value is -1.62. The van der Waals surface area contributed by atoms with Gasteiger partial charge in [0.15, 0.2) is 12.4 Å². The molecule has 102 valence electrons. The van der Waals surface area contributed by atoms with E-state index in [2.05, 4.69) is 27.0 Å². The zero-order chi connectivity index (χ0) is 13.1. The molecule has 1 atom stereocenters. The van der Waals surface area contributed by atoms with Gasteiger partial charge in [0.05, 0.1) is 0 Å². The van der Waals surface area contributed by atoms with E-state index >= 15 is 0 Å². The average Bonchev–Trinajstić information content (AvgIpc) is 2.49. The topological polar surface area (TPSA) is 41.0 Å². The van der Waals surface area contributed by atoms with Crippen LogP contribution in [0.4, 0.5) is 0 Å². The van der Waals surface area contributed by atoms with Crippen molar-refractivity contribution < 1.29 is 4.84 Å². The molecule has 2 aliphatic rings. The second kappa shape index (κ2) is 5.57. The minimum absolute atomic E-state index is 0.285. The molecule has 1 fully saturated rings. The summed E-state index contributed by atoms with van der Waals surface area (Å²) in [6.45, 7) is 2.94. The van der Waals surface area contributed by atoms with Crippen molar-refractivity contribution in [2.45, 2.75) is 25.4 Å². The first-order chi connectivity index (χ1) is 9.36. The van der Waals surface area contributed by atoms with Crippen molar-refractivity contribution in [2.24, 2.45) is 5.16 Å². The van der Waals surface area contributed by atoms with Crippen molar-refractivity contribution in [1.29, 1.82) is 0 Å². The molecule has 0 aromatic carbocycles. The SMILES string of the molecule is CN1C(c2cccnc2)=NOC[C@H]1N1CCCCC1. The first-order valence-corrected chi connectivity index (χ1v) is 6.93. The highest BCUT2D eigenvalue weighted by molar-refractivity contribution is 5.98. The number of rotatable bonds is 2. The van der Waals surface area contributed by atoms with Crippen molar-refractivity contribution in [1.82, 2.24) is 14.8 Å². The monoisotopic (exact) mass is 260 g/mol. The molecule has 1 aromatic rings. The van der Waals surface area contributed by atoms with Gasteiger partial charge in [0.1, 0.15) is 6.17 Å². The number of nitrogens with zero attached hydrogens (tertiary/aromatic N) is 4. The maximum Gasteiger partial charge on any atom is 0.178 e. The molecular formula is C14H20N4O. The van der Waals surface area contributed by atoms with E-state index < -0.39 is 0 Å². The summed E-state index contributed by atoms with van der Waals surface area (Å²) < 4.78 is 0. The standard InChI is InChI=1S/C14H20N4O/c1-17-13(18-8-3-2-4-9-18)11-19-16-14(17)12-6-5-7-15-10-12/h5-7,10,13H,2-4,8-9,11H2,1H3/t13-/m1/s1. The molecule has 5 nitrogen and oxygen atoms in total. The fourth-order valence-electron chi connectivity index (χ4n) is 2.80. The van der Waals surface area contributed by atoms with Crippen LogP contribution in [0.1, 0.15) is 24.8 Å². The highest BCUT2D eigenvalue weighted by atomic mass is 16.6. The fraction of sp³-hybridized carbons (Fsp3) is 0.571. The summed E-state index contributed by atoms with van der Waals surface area (Å²) in [5.74, 6) is 0.870. The van der Waals surface area contributed by atoms with E-state index in [0.29, 0.717) is 6.61 Å². The van der Waals surface area contributed by atoms with E-state index in [1.54, 1.807) is 6.20 Å². The molecule has 1 aromatic heterocycles. The van der Waals surface area contributed by atoms with E-state index in [4.69, 9.17) is 4.84 Å². The van der Waals surface area contributed by atoms with Gasteiger partial charge in [-0.1, -0.05) is 11.6 Å². The summed E-state index contributed by atoms with van der Waals surface area (Å²) >= 11 is 0. The number of pyridine rings is 1. The van der Waals surface area contributed by atoms with Gasteiger partial charge in [0.25, 0.3) is 0 Å². The van der Waals surface area contributed by atoms with Gasteiger partial charge in [-0.2, -0.15) is 0 Å². The molecule has 0 N–H and O–H groups in total. The molecule has 0 amide bonds. The van der Waals surface area contributed by atoms with Crippen LogP contribution in [0, 0.1) is 0 Å². The Kier molecular flexibility index (Phi) is 3.64. The van der Waals surface area contributed by atoms with Crippen LogP contribution < -0.4 is 0 Å². The number of amidine groups is 1. The number of aromatic nitrogens is 1. The third-order valence-corrected chi connectivity index (χ3v) is 3.89. The molecular weight excluding hydrogens is 240 g/mol. The second-order valence-corrected chi connectivity index (χ2v) is 5.14. The van der Waals surface area contributed by atoms with Gasteiger partial charge in [0, 0.05) is 38.1 Å². The van der Waals surface area contributed by atoms with Crippen molar-refractivity contribution >= 4 is 5.84 Å². The summed E-state index contributed by atoms with van der Waals surface area (Å²) in [5, 5.41) is 4.20. The van der Waals surface area contributed by atoms with E-state index in [1.807, 2.05) is 18.3 Å². The highest BCUT2D eigenvalue weighted by Crippen LogP contribution is 2.19. The largest absolute Gasteiger partial charge is 0.390 e. The van der Waals surface area contributed by atoms with Gasteiger partial charge in [-0.05, 0) is 25.0 Å². The van der Waals surface area contributed by atoms with Gasteiger partial charge in [0.2, 0.25) is 0 Å². The van der Waals surface area contributed by atoms with E-state index in [1.165, 1.54) is 19.3 Å². The van der Waals surface area contributed by atoms with Gasteiger partial charge in [-0.3, -0.25) is 9.88 Å². The predicted octanol–water partition coefficient (Wildman–Crippen LogP) is 1.52. The first kappa shape index (κ1) is 12.4. The maximum absolute atomic E-state index is 5.45. The van der Waals surface area contributed by atoms with Crippen LogP contribution in [0.5, 0.6) is 0 Å². The number of oxime groups is 1. The fourth-order valence-corrected chi connectivity index (χ4v) is 2.80. The maximum atomic E-state index is 5.45. The van der Waals surface area contributed by atoms with Gasteiger partial charge >= 0.3 is 0 Å². The first-order valence-electron chi connectivity index (χ1n) is 6.93. The van der Waals surface area contributed by atoms with Crippen LogP contribution in [0.25, 0.3) is 0 Å². The molecule has 0 unspecified atom stereocenters. The molecule has 0 spiro atoms. The summed E-state index contributed by atoms with van der Waals surface area (Å²) in [6, 6.07) is 3.94. The highest BCUT2D eigenvalue weighted by Gasteiger charge is 2.30. The molecule has 0 saturated carbocycles. The average molecular weight is 260 g/mol. The van der Waals surface area contributed by atoms with E-state index in [0.717, 1.165) is 24.5 Å². The molecule has 3 rings (SSSR count). The normalized spacial score (nSPS) is 24.8. The lowest BCUT2D eigenvalue weighted by Gasteiger charge is -2.41. The number of hydrogen-bond donors (Lipinski definition) is 0. The summed E-state index contributed by atoms with van der Waals surface area (Å²) in [7, 11) is 2.09. The Balaban J connectivity index is 1.78. The molecule has 2 aliphatic heterocycles. The molecule has 5 heteroatoms. The number of piperidine rings is 1. The van der Waals surface area contributed by atoms with Crippen molar-refractivity contribution in [3.8, 4) is 0 Å². The Labute approximate surface area is 113 Å². The van der Waals surface area contributed by atoms with E-state index in [-0.39, 0.29) is 6.17 Å². The predicted molar refractivity (Wildman–Crippen MR) is 73.7 cm³/mol. The van der Waals surface area contributed by atoms with E-state index in [9.17, 15) is 0 Å². The molecule has 1 saturated heterocycles. The molecule has 19 heavy (non-hydrogen) atoms. The second-order valence-electron chi connectivity index (χ2n) is 5.14. The summed E-state index contributed by atoms with van der Waals surface area (Å²) in [4.78, 5) is 14.3. The van der Waals surface area contributed by atoms with Gasteiger partial charge in [-0.25, -0.2) is 0 Å². The zero-order valence-electron chi connectivity index (χ0n) is 11.3. The lowest BCUT2D eigenvalue weighted by molar-refractivity contribution is -0.0167. The van der Waals surface area contributed by atoms with Crippen LogP contribution in [-0.2, 0) is 4.84 Å². The Bertz CT molecular complexity index is 442. The lowest BCUT2D eigenvalue weighted by atomic mass is 10.1. The zero-order valence-corrected chi connectivity index (χ0v) is 11.3. The molecule has 3 heterocycles. The van der Waals surface area contributed by atoms with Crippen LogP contribution in [0.15, 0.2) is 29.7 Å². The van der Waals surface area contributed by atoms with Crippen molar-refractivity contribution in [3.63, 3.8) is 0 Å². The molecule has 0 bridgehead atoms. The van der Waals surface area contributed by atoms with Crippen LogP contribution >= 0.6 is 0 Å². The molecule has 0 aliphatic carbocycles. The van der Waals surface area contributed by atoms with Crippen LogP contribution in [-0.4, -0.2) is 53.5 Å². The van der Waals surface area contributed by atoms with Crippen LogP contribution in [0.3, 0.4) is 0 Å². The Morgan fingerprint density at radius 2 is 2.11 bits per heavy atom. The summed E-state index contributed by atoms with van der Waals surface area (Å²) in [5.41, 5.74) is 1.01. The smallest absolute Gasteiger partial charge is 0.178 e. The number of likely N-dealkylation sites (N-methyl/N-ethyl adjacent to an activating group) is 1. The number of likely N-dealkylation sites (tertiary alicyclic amines) is 1. The van der Waals surface area contributed by atoms with Crippen LogP contribution in [0.2, 0.25) is 0 Å². The Morgan fingerprint density at radius 1 is 1.26 bits per heavy atom. The molecule has 0 radical (unpaired) electrons. The minimum Gasteiger partial charge on any atom is -0.390 e. The number of hydrogen-bond acceptors (Lipinski definition) is 5. The minimum atomic E-state index is 0.285. The summed E-state index contributed by atoms with van der Waals surface area (Å²) in [6.07, 6.45) is 7.80. The third-order valence-electron chi connectivity index (χ3n) is 3.89. The van der Waals surface area contributed by atoms with Crippen molar-refractivity contribution in [2.75, 3.05) is 26.7 Å². The third kappa shape index (κ3) is 2.56. The van der Waals surface area contributed by atoms with Gasteiger partial charge in [-0.15, -0.1) is 0 Å².